The molecule has 1 aliphatic carbocycles. The summed E-state index contributed by atoms with van der Waals surface area (Å²) in [6, 6.07) is 87.9. The second-order valence-corrected chi connectivity index (χ2v) is 27.2. The molecule has 0 unspecified atom stereocenters. The Balaban J connectivity index is 1.21. The van der Waals surface area contributed by atoms with Gasteiger partial charge in [-0.25, -0.2) is 0 Å². The molecule has 2 nitrogen and oxygen atoms in total. The minimum absolute atomic E-state index is 0.424. The van der Waals surface area contributed by atoms with Crippen molar-refractivity contribution >= 4 is 79.7 Å². The van der Waals surface area contributed by atoms with Gasteiger partial charge in [-0.15, -0.1) is 0 Å². The lowest BCUT2D eigenvalue weighted by atomic mass is 9.66. The molecule has 11 aromatic carbocycles. The smallest absolute Gasteiger partial charge is 0.0775 e. The Labute approximate surface area is 439 Å². The van der Waals surface area contributed by atoms with Crippen LogP contribution in [-0.4, -0.2) is 8.07 Å². The molecular formula is C71H64N2Si. The number of nitrogens with zero attached hydrogens (tertiary/aromatic N) is 2. The van der Waals surface area contributed by atoms with E-state index in [-0.39, 0.29) is 0 Å². The maximum atomic E-state index is 2.58. The molecule has 3 heteroatoms. The lowest BCUT2D eigenvalue weighted by Crippen LogP contribution is -2.37. The fourth-order valence-electron chi connectivity index (χ4n) is 12.0. The van der Waals surface area contributed by atoms with Gasteiger partial charge >= 0.3 is 0 Å². The van der Waals surface area contributed by atoms with Crippen LogP contribution in [-0.2, 0) is 5.41 Å². The zero-order chi connectivity index (χ0) is 50.9. The minimum atomic E-state index is -1.58. The Morgan fingerprint density at radius 1 is 0.365 bits per heavy atom. The van der Waals surface area contributed by atoms with Crippen molar-refractivity contribution in [2.75, 3.05) is 9.80 Å². The quantitative estimate of drug-likeness (QED) is 0.0941. The molecule has 11 aromatic rings. The normalized spacial score (nSPS) is 12.9. The van der Waals surface area contributed by atoms with Crippen molar-refractivity contribution in [3.63, 3.8) is 0 Å². The van der Waals surface area contributed by atoms with Gasteiger partial charge < -0.3 is 9.80 Å². The second-order valence-electron chi connectivity index (χ2n) is 22.2. The van der Waals surface area contributed by atoms with E-state index < -0.39 is 13.5 Å². The first kappa shape index (κ1) is 47.0. The van der Waals surface area contributed by atoms with Gasteiger partial charge in [-0.1, -0.05) is 222 Å². The molecule has 0 atom stereocenters. The maximum absolute atomic E-state index is 2.58. The van der Waals surface area contributed by atoms with Gasteiger partial charge in [-0.2, -0.15) is 0 Å². The van der Waals surface area contributed by atoms with Gasteiger partial charge in [0.25, 0.3) is 0 Å². The summed E-state index contributed by atoms with van der Waals surface area (Å²) in [6.07, 6.45) is 0. The average molecular weight is 973 g/mol. The highest BCUT2D eigenvalue weighted by molar-refractivity contribution is 6.88. The molecule has 0 aromatic heterocycles. The third-order valence-corrected chi connectivity index (χ3v) is 18.0. The molecule has 0 spiro atoms. The Bertz CT molecular complexity index is 3810. The Morgan fingerprint density at radius 2 is 0.797 bits per heavy atom. The molecule has 0 saturated carbocycles. The van der Waals surface area contributed by atoms with Crippen molar-refractivity contribution in [2.45, 2.75) is 71.5 Å². The number of aryl methyl sites for hydroxylation is 1. The lowest BCUT2D eigenvalue weighted by molar-refractivity contribution is 0.776. The first-order chi connectivity index (χ1) is 35.9. The molecule has 0 fully saturated rings. The molecule has 74 heavy (non-hydrogen) atoms. The fraction of sp³-hybridized carbons (Fsp3) is 0.155. The van der Waals surface area contributed by atoms with E-state index in [9.17, 15) is 0 Å². The van der Waals surface area contributed by atoms with Crippen LogP contribution in [0.5, 0.6) is 0 Å². The zero-order valence-electron chi connectivity index (χ0n) is 44.0. The highest BCUT2D eigenvalue weighted by Crippen LogP contribution is 2.63. The predicted octanol–water partition coefficient (Wildman–Crippen LogP) is 19.5. The van der Waals surface area contributed by atoms with Crippen molar-refractivity contribution in [3.8, 4) is 11.1 Å². The van der Waals surface area contributed by atoms with Gasteiger partial charge in [0.15, 0.2) is 0 Å². The maximum Gasteiger partial charge on any atom is 0.0775 e. The van der Waals surface area contributed by atoms with Crippen molar-refractivity contribution in [3.05, 3.63) is 269 Å². The van der Waals surface area contributed by atoms with Crippen molar-refractivity contribution in [1.29, 1.82) is 0 Å². The van der Waals surface area contributed by atoms with Gasteiger partial charge in [-0.05, 0) is 157 Å². The molecule has 0 aliphatic heterocycles. The van der Waals surface area contributed by atoms with E-state index in [1.54, 1.807) is 0 Å². The fourth-order valence-corrected chi connectivity index (χ4v) is 13.2. The molecule has 0 saturated heterocycles. The third-order valence-electron chi connectivity index (χ3n) is 15.9. The zero-order valence-corrected chi connectivity index (χ0v) is 45.0. The van der Waals surface area contributed by atoms with Crippen molar-refractivity contribution in [2.24, 2.45) is 0 Å². The predicted molar refractivity (Wildman–Crippen MR) is 322 cm³/mol. The number of hydrogen-bond acceptors (Lipinski definition) is 2. The van der Waals surface area contributed by atoms with Crippen LogP contribution in [0, 0.1) is 6.92 Å². The summed E-state index contributed by atoms with van der Waals surface area (Å²) < 4.78 is 0. The van der Waals surface area contributed by atoms with E-state index in [1.807, 2.05) is 0 Å². The summed E-state index contributed by atoms with van der Waals surface area (Å²) in [5.41, 5.74) is 17.7. The number of hydrogen-bond donors (Lipinski definition) is 0. The van der Waals surface area contributed by atoms with Gasteiger partial charge in [0.2, 0.25) is 0 Å². The monoisotopic (exact) mass is 972 g/mol. The Hall–Kier alpha value is -7.98. The summed E-state index contributed by atoms with van der Waals surface area (Å²) in [7, 11) is -1.58. The van der Waals surface area contributed by atoms with E-state index in [2.05, 4.69) is 295 Å². The van der Waals surface area contributed by atoms with Gasteiger partial charge in [-0.3, -0.25) is 0 Å². The Kier molecular flexibility index (Phi) is 11.8. The number of rotatable bonds is 11. The van der Waals surface area contributed by atoms with Gasteiger partial charge in [0.05, 0.1) is 19.2 Å². The van der Waals surface area contributed by atoms with E-state index in [4.69, 9.17) is 0 Å². The van der Waals surface area contributed by atoms with E-state index in [0.29, 0.717) is 11.8 Å². The summed E-state index contributed by atoms with van der Waals surface area (Å²) in [5, 5.41) is 8.89. The highest BCUT2D eigenvalue weighted by atomic mass is 28.3. The molecule has 0 heterocycles. The minimum Gasteiger partial charge on any atom is -0.310 e. The highest BCUT2D eigenvalue weighted by Gasteiger charge is 2.49. The molecule has 12 rings (SSSR count). The van der Waals surface area contributed by atoms with Crippen molar-refractivity contribution < 1.29 is 0 Å². The van der Waals surface area contributed by atoms with Crippen LogP contribution in [0.1, 0.15) is 78.5 Å². The summed E-state index contributed by atoms with van der Waals surface area (Å²) in [6.45, 7) is 18.5. The van der Waals surface area contributed by atoms with Crippen LogP contribution >= 0.6 is 0 Å². The molecule has 0 amide bonds. The summed E-state index contributed by atoms with van der Waals surface area (Å²) in [4.78, 5) is 4.96. The summed E-state index contributed by atoms with van der Waals surface area (Å²) in [5.74, 6) is 0.867. The van der Waals surface area contributed by atoms with Crippen LogP contribution in [0.4, 0.5) is 34.1 Å². The number of anilines is 6. The largest absolute Gasteiger partial charge is 0.310 e. The van der Waals surface area contributed by atoms with Gasteiger partial charge in [0, 0.05) is 33.8 Å². The third kappa shape index (κ3) is 7.76. The Morgan fingerprint density at radius 3 is 1.31 bits per heavy atom. The lowest BCUT2D eigenvalue weighted by Gasteiger charge is -2.36. The standard InChI is InChI=1S/C71H64N2Si/c1-47(2)50-29-35-55(36-30-50)72(54-33-27-49(5)28-34-54)58-41-44-64-65(45-58)60-23-15-17-25-62(60)69-68-63-26-18-16-24-61(63)67(46-66(68)71(70(64)69,52-19-11-9-12-20-52)53-21-13-10-14-22-53)73(56-37-31-51(32-38-56)48(3)4)57-39-42-59(43-40-57)74(6,7)8/h9-48H,1-8H3. The average Bonchev–Trinajstić information content (AvgIpc) is 3.79. The first-order valence-corrected chi connectivity index (χ1v) is 30.1. The first-order valence-electron chi connectivity index (χ1n) is 26.6. The van der Waals surface area contributed by atoms with Crippen LogP contribution < -0.4 is 15.0 Å². The second kappa shape index (κ2) is 18.5. The van der Waals surface area contributed by atoms with E-state index in [1.165, 1.54) is 87.6 Å². The number of benzene rings is 11. The van der Waals surface area contributed by atoms with Crippen LogP contribution in [0.15, 0.2) is 231 Å². The van der Waals surface area contributed by atoms with E-state index in [0.717, 1.165) is 34.1 Å². The summed E-state index contributed by atoms with van der Waals surface area (Å²) >= 11 is 0. The van der Waals surface area contributed by atoms with Gasteiger partial charge in [0.1, 0.15) is 0 Å². The molecule has 0 N–H and O–H groups in total. The van der Waals surface area contributed by atoms with Crippen molar-refractivity contribution in [1.82, 2.24) is 0 Å². The SMILES string of the molecule is Cc1ccc(N(c2ccc(C(C)C)cc2)c2ccc3c4c(c5ccccc5c3c2)-c2c(cc(N(c3ccc(C(C)C)cc3)c3ccc([Si](C)(C)C)cc3)c3ccccc23)C4(c2ccccc2)c2ccccc2)cc1. The molecule has 1 aliphatic rings. The molecule has 0 bridgehead atoms. The molecule has 362 valence electrons. The molecule has 0 radical (unpaired) electrons. The van der Waals surface area contributed by atoms with Crippen LogP contribution in [0.2, 0.25) is 19.6 Å². The van der Waals surface area contributed by atoms with Crippen LogP contribution in [0.3, 0.4) is 0 Å². The number of fused-ring (bicyclic) bond motifs is 10. The van der Waals surface area contributed by atoms with E-state index >= 15 is 0 Å². The topological polar surface area (TPSA) is 6.48 Å². The van der Waals surface area contributed by atoms with Crippen LogP contribution in [0.25, 0.3) is 43.4 Å². The molecular weight excluding hydrogens is 909 g/mol.